The van der Waals surface area contributed by atoms with Crippen LogP contribution in [0.15, 0.2) is 103 Å². The van der Waals surface area contributed by atoms with Crippen molar-refractivity contribution in [2.75, 3.05) is 0 Å². The van der Waals surface area contributed by atoms with Crippen molar-refractivity contribution in [1.82, 2.24) is 14.5 Å². The van der Waals surface area contributed by atoms with Crippen LogP contribution in [0, 0.1) is 0 Å². The first-order valence-electron chi connectivity index (χ1n) is 13.2. The van der Waals surface area contributed by atoms with Gasteiger partial charge in [-0.25, -0.2) is 9.97 Å². The topological polar surface area (TPSA) is 39.9 Å². The molecule has 3 heterocycles. The molecule has 6 aromatic rings. The average Bonchev–Trinajstić information content (AvgIpc) is 3.27. The predicted octanol–water partition coefficient (Wildman–Crippen LogP) is 9.28. The number of para-hydroxylation sites is 1. The fourth-order valence-electron chi connectivity index (χ4n) is 4.97. The summed E-state index contributed by atoms with van der Waals surface area (Å²) in [5.74, 6) is 3.06. The Labute approximate surface area is 223 Å². The SMILES string of the molecule is CC(C)c1cc(Oc2cccc(-c3ccc4c5ccccc5n(-c5ccccn5)c4c3)c2)nc(C(C)C)c1. The molecular weight excluding hydrogens is 466 g/mol. The highest BCUT2D eigenvalue weighted by Gasteiger charge is 2.14. The van der Waals surface area contributed by atoms with Crippen LogP contribution in [0.1, 0.15) is 50.8 Å². The number of ether oxygens (including phenoxy) is 1. The van der Waals surface area contributed by atoms with Crippen LogP contribution < -0.4 is 4.74 Å². The van der Waals surface area contributed by atoms with Gasteiger partial charge >= 0.3 is 0 Å². The summed E-state index contributed by atoms with van der Waals surface area (Å²) in [6.45, 7) is 8.73. The third-order valence-electron chi connectivity index (χ3n) is 7.04. The van der Waals surface area contributed by atoms with Crippen molar-refractivity contribution in [3.05, 3.63) is 115 Å². The van der Waals surface area contributed by atoms with Gasteiger partial charge in [0, 0.05) is 28.7 Å². The maximum absolute atomic E-state index is 6.32. The molecule has 38 heavy (non-hydrogen) atoms. The summed E-state index contributed by atoms with van der Waals surface area (Å²) in [6.07, 6.45) is 1.84. The van der Waals surface area contributed by atoms with Crippen LogP contribution in [0.3, 0.4) is 0 Å². The Balaban J connectivity index is 1.43. The van der Waals surface area contributed by atoms with E-state index in [0.717, 1.165) is 39.4 Å². The Morgan fingerprint density at radius 1 is 0.658 bits per heavy atom. The van der Waals surface area contributed by atoms with E-state index in [-0.39, 0.29) is 0 Å². The van der Waals surface area contributed by atoms with E-state index >= 15 is 0 Å². The van der Waals surface area contributed by atoms with Gasteiger partial charge in [0.1, 0.15) is 11.6 Å². The van der Waals surface area contributed by atoms with Gasteiger partial charge in [0.2, 0.25) is 5.88 Å². The minimum absolute atomic E-state index is 0.333. The highest BCUT2D eigenvalue weighted by atomic mass is 16.5. The lowest BCUT2D eigenvalue weighted by Gasteiger charge is -2.14. The summed E-state index contributed by atoms with van der Waals surface area (Å²) in [4.78, 5) is 9.45. The Kier molecular flexibility index (Phi) is 6.16. The molecule has 0 aliphatic carbocycles. The van der Waals surface area contributed by atoms with E-state index in [4.69, 9.17) is 9.72 Å². The number of nitrogens with zero attached hydrogens (tertiary/aromatic N) is 3. The second kappa shape index (κ2) is 9.79. The lowest BCUT2D eigenvalue weighted by molar-refractivity contribution is 0.458. The predicted molar refractivity (Wildman–Crippen MR) is 157 cm³/mol. The zero-order chi connectivity index (χ0) is 26.2. The molecule has 0 unspecified atom stereocenters. The quantitative estimate of drug-likeness (QED) is 0.230. The van der Waals surface area contributed by atoms with E-state index in [1.54, 1.807) is 0 Å². The van der Waals surface area contributed by atoms with Gasteiger partial charge in [-0.2, -0.15) is 0 Å². The normalized spacial score (nSPS) is 11.6. The van der Waals surface area contributed by atoms with Gasteiger partial charge in [-0.3, -0.25) is 4.57 Å². The van der Waals surface area contributed by atoms with Crippen molar-refractivity contribution in [2.24, 2.45) is 0 Å². The molecule has 0 atom stereocenters. The molecule has 0 aliphatic heterocycles. The van der Waals surface area contributed by atoms with Crippen LogP contribution in [0.4, 0.5) is 0 Å². The highest BCUT2D eigenvalue weighted by molar-refractivity contribution is 6.10. The maximum Gasteiger partial charge on any atom is 0.219 e. The molecule has 0 N–H and O–H groups in total. The van der Waals surface area contributed by atoms with Gasteiger partial charge in [-0.1, -0.05) is 76.2 Å². The van der Waals surface area contributed by atoms with Crippen LogP contribution in [0.25, 0.3) is 38.8 Å². The molecule has 0 spiro atoms. The van der Waals surface area contributed by atoms with Crippen LogP contribution in [-0.4, -0.2) is 14.5 Å². The first-order chi connectivity index (χ1) is 18.5. The smallest absolute Gasteiger partial charge is 0.219 e. The number of benzene rings is 3. The van der Waals surface area contributed by atoms with Gasteiger partial charge in [0.05, 0.1) is 11.0 Å². The van der Waals surface area contributed by atoms with Gasteiger partial charge in [-0.05, 0) is 71.0 Å². The van der Waals surface area contributed by atoms with E-state index in [9.17, 15) is 0 Å². The van der Waals surface area contributed by atoms with E-state index in [2.05, 4.69) is 110 Å². The van der Waals surface area contributed by atoms with Crippen molar-refractivity contribution in [1.29, 1.82) is 0 Å². The molecular formula is C34H31N3O. The number of fused-ring (bicyclic) bond motifs is 3. The summed E-state index contributed by atoms with van der Waals surface area (Å²) >= 11 is 0. The summed E-state index contributed by atoms with van der Waals surface area (Å²) in [5.41, 5.74) is 6.77. The van der Waals surface area contributed by atoms with E-state index in [0.29, 0.717) is 17.7 Å². The van der Waals surface area contributed by atoms with Crippen molar-refractivity contribution < 1.29 is 4.74 Å². The van der Waals surface area contributed by atoms with E-state index < -0.39 is 0 Å². The summed E-state index contributed by atoms with van der Waals surface area (Å²) < 4.78 is 8.56. The van der Waals surface area contributed by atoms with Crippen molar-refractivity contribution >= 4 is 21.8 Å². The van der Waals surface area contributed by atoms with Crippen molar-refractivity contribution in [3.8, 4) is 28.6 Å². The molecule has 0 saturated heterocycles. The molecule has 0 bridgehead atoms. The second-order valence-electron chi connectivity index (χ2n) is 10.4. The Morgan fingerprint density at radius 2 is 1.45 bits per heavy atom. The molecule has 0 radical (unpaired) electrons. The zero-order valence-corrected chi connectivity index (χ0v) is 22.2. The lowest BCUT2D eigenvalue weighted by Crippen LogP contribution is -2.00. The molecule has 188 valence electrons. The number of hydrogen-bond donors (Lipinski definition) is 0. The fourth-order valence-corrected chi connectivity index (χ4v) is 4.97. The number of rotatable bonds is 6. The van der Waals surface area contributed by atoms with Gasteiger partial charge in [0.15, 0.2) is 0 Å². The molecule has 3 aromatic carbocycles. The van der Waals surface area contributed by atoms with Crippen LogP contribution in [0.2, 0.25) is 0 Å². The Hall–Kier alpha value is -4.44. The molecule has 4 nitrogen and oxygen atoms in total. The number of hydrogen-bond acceptors (Lipinski definition) is 3. The summed E-state index contributed by atoms with van der Waals surface area (Å²) in [7, 11) is 0. The first kappa shape index (κ1) is 23.9. The van der Waals surface area contributed by atoms with Gasteiger partial charge in [-0.15, -0.1) is 0 Å². The standard InChI is InChI=1S/C34H31N3O/c1-22(2)26-19-30(23(3)4)36-34(21-26)38-27-11-9-10-24(18-27)25-15-16-29-28-12-5-6-13-31(28)37(32(29)20-25)33-14-7-8-17-35-33/h5-23H,1-4H3. The lowest BCUT2D eigenvalue weighted by atomic mass is 10.0. The van der Waals surface area contributed by atoms with Gasteiger partial charge < -0.3 is 4.74 Å². The molecule has 3 aromatic heterocycles. The summed E-state index contributed by atoms with van der Waals surface area (Å²) in [5, 5.41) is 2.42. The maximum atomic E-state index is 6.32. The van der Waals surface area contributed by atoms with Crippen LogP contribution >= 0.6 is 0 Å². The zero-order valence-electron chi connectivity index (χ0n) is 22.2. The summed E-state index contributed by atoms with van der Waals surface area (Å²) in [6, 6.07) is 33.7. The van der Waals surface area contributed by atoms with Gasteiger partial charge in [0.25, 0.3) is 0 Å². The van der Waals surface area contributed by atoms with Crippen molar-refractivity contribution in [3.63, 3.8) is 0 Å². The molecule has 4 heteroatoms. The van der Waals surface area contributed by atoms with Crippen LogP contribution in [-0.2, 0) is 0 Å². The third-order valence-corrected chi connectivity index (χ3v) is 7.04. The van der Waals surface area contributed by atoms with Crippen molar-refractivity contribution in [2.45, 2.75) is 39.5 Å². The average molecular weight is 498 g/mol. The minimum atomic E-state index is 0.333. The Bertz CT molecular complexity index is 1720. The number of pyridine rings is 2. The Morgan fingerprint density at radius 3 is 2.24 bits per heavy atom. The molecule has 0 fully saturated rings. The molecule has 6 rings (SSSR count). The second-order valence-corrected chi connectivity index (χ2v) is 10.4. The minimum Gasteiger partial charge on any atom is -0.439 e. The largest absolute Gasteiger partial charge is 0.439 e. The van der Waals surface area contributed by atoms with Crippen LogP contribution in [0.5, 0.6) is 11.6 Å². The molecule has 0 amide bonds. The molecule has 0 saturated carbocycles. The van der Waals surface area contributed by atoms with E-state index in [1.807, 2.05) is 30.5 Å². The fraction of sp³-hybridized carbons (Fsp3) is 0.176. The third kappa shape index (κ3) is 4.43. The number of aromatic nitrogens is 3. The molecule has 0 aliphatic rings. The first-order valence-corrected chi connectivity index (χ1v) is 13.2. The monoisotopic (exact) mass is 497 g/mol. The highest BCUT2D eigenvalue weighted by Crippen LogP contribution is 2.35. The van der Waals surface area contributed by atoms with E-state index in [1.165, 1.54) is 16.3 Å².